The molecule has 4 rings (SSSR count). The molecule has 0 spiro atoms. The van der Waals surface area contributed by atoms with Crippen LogP contribution in [0.2, 0.25) is 0 Å². The first-order valence-corrected chi connectivity index (χ1v) is 7.48. The van der Waals surface area contributed by atoms with Crippen molar-refractivity contribution in [3.63, 3.8) is 0 Å². The fourth-order valence-corrected chi connectivity index (χ4v) is 2.56. The quantitative estimate of drug-likeness (QED) is 0.570. The molecule has 3 aromatic heterocycles. The number of pyridine rings is 2. The summed E-state index contributed by atoms with van der Waals surface area (Å²) in [5.74, 6) is -0.287. The fourth-order valence-electron chi connectivity index (χ4n) is 2.56. The van der Waals surface area contributed by atoms with Crippen molar-refractivity contribution in [2.45, 2.75) is 0 Å². The number of aromatic nitrogens is 4. The van der Waals surface area contributed by atoms with Crippen molar-refractivity contribution in [2.24, 2.45) is 0 Å². The summed E-state index contributed by atoms with van der Waals surface area (Å²) in [6, 6.07) is 14.2. The van der Waals surface area contributed by atoms with Crippen LogP contribution in [0.3, 0.4) is 0 Å². The number of hydrogen-bond acceptors (Lipinski definition) is 3. The lowest BCUT2D eigenvalue weighted by atomic mass is 10.0. The second-order valence-corrected chi connectivity index (χ2v) is 5.29. The summed E-state index contributed by atoms with van der Waals surface area (Å²) in [4.78, 5) is 8.57. The second-order valence-electron chi connectivity index (χ2n) is 5.29. The van der Waals surface area contributed by atoms with E-state index in [1.54, 1.807) is 47.7 Å². The summed E-state index contributed by atoms with van der Waals surface area (Å²) in [5.41, 5.74) is 3.78. The van der Waals surface area contributed by atoms with Crippen molar-refractivity contribution < 1.29 is 4.39 Å². The molecule has 0 aliphatic heterocycles. The van der Waals surface area contributed by atoms with Crippen molar-refractivity contribution >= 4 is 0 Å². The van der Waals surface area contributed by atoms with Gasteiger partial charge in [-0.3, -0.25) is 9.97 Å². The van der Waals surface area contributed by atoms with Crippen LogP contribution in [0.25, 0.3) is 28.1 Å². The smallest absolute Gasteiger partial charge is 0.132 e. The molecule has 0 aliphatic rings. The zero-order valence-electron chi connectivity index (χ0n) is 12.7. The average molecular weight is 316 g/mol. The Kier molecular flexibility index (Phi) is 3.59. The van der Waals surface area contributed by atoms with Gasteiger partial charge in [0.2, 0.25) is 0 Å². The molecule has 0 radical (unpaired) electrons. The van der Waals surface area contributed by atoms with E-state index in [9.17, 15) is 4.39 Å². The monoisotopic (exact) mass is 316 g/mol. The van der Waals surface area contributed by atoms with E-state index in [1.807, 2.05) is 30.5 Å². The Balaban J connectivity index is 1.77. The van der Waals surface area contributed by atoms with E-state index >= 15 is 0 Å². The van der Waals surface area contributed by atoms with Gasteiger partial charge < -0.3 is 0 Å². The zero-order chi connectivity index (χ0) is 16.4. The number of nitrogens with zero attached hydrogens (tertiary/aromatic N) is 4. The van der Waals surface area contributed by atoms with E-state index in [0.29, 0.717) is 11.3 Å². The summed E-state index contributed by atoms with van der Waals surface area (Å²) < 4.78 is 15.7. The molecule has 4 aromatic rings. The first kappa shape index (κ1) is 14.3. The molecule has 0 saturated carbocycles. The Hall–Kier alpha value is -3.34. The van der Waals surface area contributed by atoms with Crippen molar-refractivity contribution in [3.8, 4) is 28.1 Å². The molecular formula is C19H13FN4. The van der Waals surface area contributed by atoms with Gasteiger partial charge in [0.15, 0.2) is 0 Å². The minimum absolute atomic E-state index is 0.287. The third-order valence-electron chi connectivity index (χ3n) is 3.74. The van der Waals surface area contributed by atoms with Crippen LogP contribution in [-0.2, 0) is 0 Å². The van der Waals surface area contributed by atoms with Crippen molar-refractivity contribution in [1.82, 2.24) is 19.7 Å². The Morgan fingerprint density at radius 3 is 2.62 bits per heavy atom. The third-order valence-corrected chi connectivity index (χ3v) is 3.74. The number of rotatable bonds is 3. The first-order valence-electron chi connectivity index (χ1n) is 7.48. The van der Waals surface area contributed by atoms with E-state index < -0.39 is 0 Å². The van der Waals surface area contributed by atoms with Crippen LogP contribution in [0.1, 0.15) is 0 Å². The summed E-state index contributed by atoms with van der Waals surface area (Å²) in [7, 11) is 0. The van der Waals surface area contributed by atoms with Gasteiger partial charge in [0.1, 0.15) is 5.82 Å². The molecular weight excluding hydrogens is 303 g/mol. The Morgan fingerprint density at radius 1 is 0.875 bits per heavy atom. The summed E-state index contributed by atoms with van der Waals surface area (Å²) in [5, 5.41) is 4.21. The molecule has 3 heterocycles. The molecule has 0 amide bonds. The summed E-state index contributed by atoms with van der Waals surface area (Å²) in [6.07, 6.45) is 8.77. The Bertz CT molecular complexity index is 980. The van der Waals surface area contributed by atoms with Crippen molar-refractivity contribution in [1.29, 1.82) is 0 Å². The maximum Gasteiger partial charge on any atom is 0.132 e. The largest absolute Gasteiger partial charge is 0.262 e. The molecule has 4 nitrogen and oxygen atoms in total. The van der Waals surface area contributed by atoms with Crippen LogP contribution in [0.15, 0.2) is 79.5 Å². The lowest BCUT2D eigenvalue weighted by Crippen LogP contribution is -1.96. The minimum atomic E-state index is -0.287. The summed E-state index contributed by atoms with van der Waals surface area (Å²) >= 11 is 0. The number of halogens is 1. The first-order chi connectivity index (χ1) is 11.8. The zero-order valence-corrected chi connectivity index (χ0v) is 12.7. The van der Waals surface area contributed by atoms with Crippen LogP contribution >= 0.6 is 0 Å². The van der Waals surface area contributed by atoms with Gasteiger partial charge in [-0.05, 0) is 42.0 Å². The van der Waals surface area contributed by atoms with E-state index in [1.165, 1.54) is 6.07 Å². The van der Waals surface area contributed by atoms with Gasteiger partial charge in [-0.2, -0.15) is 5.10 Å². The van der Waals surface area contributed by atoms with Gasteiger partial charge >= 0.3 is 0 Å². The molecule has 0 saturated heterocycles. The minimum Gasteiger partial charge on any atom is -0.262 e. The molecule has 116 valence electrons. The maximum absolute atomic E-state index is 14.0. The standard InChI is InChI=1S/C19H13FN4/c20-18-5-2-1-4-17(18)19-11-14(6-8-22-19)15-10-16(13-21-12-15)24-9-3-7-23-24/h1-13H. The number of hydrogen-bond donors (Lipinski definition) is 0. The highest BCUT2D eigenvalue weighted by atomic mass is 19.1. The van der Waals surface area contributed by atoms with Gasteiger partial charge in [-0.25, -0.2) is 9.07 Å². The van der Waals surface area contributed by atoms with Crippen molar-refractivity contribution in [2.75, 3.05) is 0 Å². The van der Waals surface area contributed by atoms with Gasteiger partial charge in [0.05, 0.1) is 17.6 Å². The fraction of sp³-hybridized carbons (Fsp3) is 0. The average Bonchev–Trinajstić information content (AvgIpc) is 3.17. The van der Waals surface area contributed by atoms with E-state index in [4.69, 9.17) is 0 Å². The van der Waals surface area contributed by atoms with Crippen LogP contribution in [0, 0.1) is 5.82 Å². The highest BCUT2D eigenvalue weighted by molar-refractivity contribution is 5.71. The molecule has 0 N–H and O–H groups in total. The Morgan fingerprint density at radius 2 is 1.79 bits per heavy atom. The highest BCUT2D eigenvalue weighted by Gasteiger charge is 2.08. The molecule has 0 atom stereocenters. The topological polar surface area (TPSA) is 43.6 Å². The second kappa shape index (κ2) is 6.04. The van der Waals surface area contributed by atoms with Crippen LogP contribution in [-0.4, -0.2) is 19.7 Å². The number of benzene rings is 1. The lowest BCUT2D eigenvalue weighted by Gasteiger charge is -2.07. The van der Waals surface area contributed by atoms with Gasteiger partial charge in [0, 0.05) is 35.9 Å². The lowest BCUT2D eigenvalue weighted by molar-refractivity contribution is 0.631. The van der Waals surface area contributed by atoms with Gasteiger partial charge in [-0.15, -0.1) is 0 Å². The van der Waals surface area contributed by atoms with Crippen LogP contribution < -0.4 is 0 Å². The molecule has 0 bridgehead atoms. The van der Waals surface area contributed by atoms with Crippen molar-refractivity contribution in [3.05, 3.63) is 85.3 Å². The SMILES string of the molecule is Fc1ccccc1-c1cc(-c2cncc(-n3cccn3)c2)ccn1. The van der Waals surface area contributed by atoms with Crippen LogP contribution in [0.5, 0.6) is 0 Å². The molecule has 1 aromatic carbocycles. The van der Waals surface area contributed by atoms with Gasteiger partial charge in [-0.1, -0.05) is 12.1 Å². The predicted octanol–water partition coefficient (Wildman–Crippen LogP) is 4.14. The third kappa shape index (κ3) is 2.67. The molecule has 0 aliphatic carbocycles. The maximum atomic E-state index is 14.0. The predicted molar refractivity (Wildman–Crippen MR) is 90.0 cm³/mol. The molecule has 5 heteroatoms. The normalized spacial score (nSPS) is 10.7. The van der Waals surface area contributed by atoms with Gasteiger partial charge in [0.25, 0.3) is 0 Å². The summed E-state index contributed by atoms with van der Waals surface area (Å²) in [6.45, 7) is 0. The Labute approximate surface area is 138 Å². The van der Waals surface area contributed by atoms with Crippen LogP contribution in [0.4, 0.5) is 4.39 Å². The van der Waals surface area contributed by atoms with E-state index in [-0.39, 0.29) is 5.82 Å². The van der Waals surface area contributed by atoms with E-state index in [0.717, 1.165) is 16.8 Å². The highest BCUT2D eigenvalue weighted by Crippen LogP contribution is 2.26. The molecule has 0 unspecified atom stereocenters. The molecule has 24 heavy (non-hydrogen) atoms. The molecule has 0 fully saturated rings. The van der Waals surface area contributed by atoms with E-state index in [2.05, 4.69) is 15.1 Å².